The second-order valence-electron chi connectivity index (χ2n) is 7.66. The Hall–Kier alpha value is -2.59. The van der Waals surface area contributed by atoms with Gasteiger partial charge in [-0.15, -0.1) is 0 Å². The number of unbranched alkanes of at least 4 members (excludes halogenated alkanes) is 1. The van der Waals surface area contributed by atoms with Gasteiger partial charge in [0.25, 0.3) is 0 Å². The lowest BCUT2D eigenvalue weighted by molar-refractivity contribution is -0.142. The highest BCUT2D eigenvalue weighted by Crippen LogP contribution is 2.45. The molecule has 0 spiro atoms. The van der Waals surface area contributed by atoms with Crippen LogP contribution in [-0.4, -0.2) is 16.5 Å². The van der Waals surface area contributed by atoms with Gasteiger partial charge < -0.3 is 10.7 Å². The van der Waals surface area contributed by atoms with Crippen LogP contribution in [0.3, 0.4) is 0 Å². The van der Waals surface area contributed by atoms with Crippen LogP contribution >= 0.6 is 15.9 Å². The molecule has 0 saturated heterocycles. The molecule has 174 valence electrons. The van der Waals surface area contributed by atoms with Crippen molar-refractivity contribution in [2.75, 3.05) is 6.54 Å². The number of H-pyrrole nitrogens is 1. The van der Waals surface area contributed by atoms with Gasteiger partial charge in [-0.05, 0) is 61.7 Å². The van der Waals surface area contributed by atoms with Gasteiger partial charge in [-0.25, -0.2) is 0 Å². The number of aromatic amines is 1. The minimum absolute atomic E-state index is 0.185. The molecule has 0 bridgehead atoms. The van der Waals surface area contributed by atoms with Crippen LogP contribution in [-0.2, 0) is 18.8 Å². The summed E-state index contributed by atoms with van der Waals surface area (Å²) in [5.74, 6) is 0. The van der Waals surface area contributed by atoms with Gasteiger partial charge in [0.05, 0.1) is 22.3 Å². The average molecular weight is 530 g/mol. The Morgan fingerprint density at radius 1 is 0.970 bits per heavy atom. The number of fused-ring (bicyclic) bond motifs is 2. The maximum atomic E-state index is 14.0. The van der Waals surface area contributed by atoms with Crippen LogP contribution in [0.5, 0.6) is 0 Å². The monoisotopic (exact) mass is 529 g/mol. The lowest BCUT2D eigenvalue weighted by atomic mass is 9.95. The van der Waals surface area contributed by atoms with E-state index in [4.69, 9.17) is 5.73 Å². The largest absolute Gasteiger partial charge is 0.417 e. The van der Waals surface area contributed by atoms with Gasteiger partial charge in [-0.2, -0.15) is 26.3 Å². The lowest BCUT2D eigenvalue weighted by Gasteiger charge is -2.14. The van der Waals surface area contributed by atoms with E-state index in [9.17, 15) is 26.3 Å². The van der Waals surface area contributed by atoms with E-state index in [-0.39, 0.29) is 23.4 Å². The number of aromatic nitrogens is 2. The van der Waals surface area contributed by atoms with Crippen molar-refractivity contribution in [3.63, 3.8) is 0 Å². The van der Waals surface area contributed by atoms with Crippen LogP contribution in [0.25, 0.3) is 33.1 Å². The molecule has 0 atom stereocenters. The highest BCUT2D eigenvalue weighted by atomic mass is 79.9. The topological polar surface area (TPSA) is 54.7 Å². The van der Waals surface area contributed by atoms with Crippen molar-refractivity contribution < 1.29 is 26.3 Å². The van der Waals surface area contributed by atoms with Crippen molar-refractivity contribution in [3.05, 3.63) is 63.8 Å². The number of hydrogen-bond acceptors (Lipinski definition) is 2. The average Bonchev–Trinajstić information content (AvgIpc) is 3.11. The highest BCUT2D eigenvalue weighted by Gasteiger charge is 2.39. The minimum atomic E-state index is -4.97. The van der Waals surface area contributed by atoms with Crippen molar-refractivity contribution in [1.82, 2.24) is 9.97 Å². The van der Waals surface area contributed by atoms with Crippen molar-refractivity contribution >= 4 is 37.7 Å². The Labute approximate surface area is 193 Å². The van der Waals surface area contributed by atoms with E-state index in [1.807, 2.05) is 0 Å². The van der Waals surface area contributed by atoms with Crippen molar-refractivity contribution in [2.45, 2.75) is 31.6 Å². The van der Waals surface area contributed by atoms with E-state index in [0.717, 1.165) is 15.9 Å². The van der Waals surface area contributed by atoms with Crippen LogP contribution in [0.4, 0.5) is 26.3 Å². The van der Waals surface area contributed by atoms with E-state index < -0.39 is 23.5 Å². The van der Waals surface area contributed by atoms with E-state index in [1.54, 1.807) is 30.5 Å². The predicted molar refractivity (Wildman–Crippen MR) is 119 cm³/mol. The SMILES string of the molecule is NCCCCc1c(-c2ccc(Br)c3cccnc23)[nH]c2cc(C(F)(F)F)cc(C(F)(F)F)c12. The Morgan fingerprint density at radius 3 is 2.39 bits per heavy atom. The molecule has 2 heterocycles. The number of rotatable bonds is 5. The lowest BCUT2D eigenvalue weighted by Crippen LogP contribution is -2.11. The van der Waals surface area contributed by atoms with Gasteiger partial charge in [0.15, 0.2) is 0 Å². The summed E-state index contributed by atoms with van der Waals surface area (Å²) in [6, 6.07) is 7.87. The third-order valence-electron chi connectivity index (χ3n) is 5.50. The zero-order valence-electron chi connectivity index (χ0n) is 17.0. The first-order valence-electron chi connectivity index (χ1n) is 10.1. The summed E-state index contributed by atoms with van der Waals surface area (Å²) >= 11 is 3.44. The number of alkyl halides is 6. The molecule has 3 nitrogen and oxygen atoms in total. The molecule has 4 aromatic rings. The second-order valence-corrected chi connectivity index (χ2v) is 8.52. The van der Waals surface area contributed by atoms with E-state index in [1.165, 1.54) is 0 Å². The summed E-state index contributed by atoms with van der Waals surface area (Å²) in [7, 11) is 0. The summed E-state index contributed by atoms with van der Waals surface area (Å²) < 4.78 is 82.8. The highest BCUT2D eigenvalue weighted by molar-refractivity contribution is 9.10. The van der Waals surface area contributed by atoms with Crippen LogP contribution in [0.15, 0.2) is 47.1 Å². The molecule has 0 saturated carbocycles. The molecular formula is C23H18BrF6N3. The summed E-state index contributed by atoms with van der Waals surface area (Å²) in [5.41, 5.74) is 4.31. The van der Waals surface area contributed by atoms with E-state index in [2.05, 4.69) is 25.9 Å². The van der Waals surface area contributed by atoms with Crippen molar-refractivity contribution in [2.24, 2.45) is 5.73 Å². The van der Waals surface area contributed by atoms with Crippen LogP contribution in [0, 0.1) is 0 Å². The molecule has 2 aromatic carbocycles. The Kier molecular flexibility index (Phi) is 6.17. The van der Waals surface area contributed by atoms with E-state index >= 15 is 0 Å². The van der Waals surface area contributed by atoms with Gasteiger partial charge in [0.2, 0.25) is 0 Å². The number of hydrogen-bond donors (Lipinski definition) is 2. The molecule has 0 amide bonds. The molecule has 10 heteroatoms. The smallest absolute Gasteiger partial charge is 0.354 e. The zero-order chi connectivity index (χ0) is 24.0. The predicted octanol–water partition coefficient (Wildman–Crippen LogP) is 7.46. The number of nitrogens with two attached hydrogens (primary N) is 1. The van der Waals surface area contributed by atoms with Gasteiger partial charge in [-0.1, -0.05) is 22.0 Å². The maximum Gasteiger partial charge on any atom is 0.417 e. The number of pyridine rings is 1. The van der Waals surface area contributed by atoms with Crippen molar-refractivity contribution in [1.29, 1.82) is 0 Å². The molecule has 4 rings (SSSR count). The first-order chi connectivity index (χ1) is 15.5. The second kappa shape index (κ2) is 8.64. The normalized spacial score (nSPS) is 12.7. The van der Waals surface area contributed by atoms with Crippen LogP contribution in [0.1, 0.15) is 29.5 Å². The number of halogens is 7. The number of nitrogens with one attached hydrogen (secondary N) is 1. The summed E-state index contributed by atoms with van der Waals surface area (Å²) in [6.45, 7) is 0.352. The number of aryl methyl sites for hydroxylation is 1. The fourth-order valence-electron chi connectivity index (χ4n) is 4.05. The van der Waals surface area contributed by atoms with Gasteiger partial charge in [0.1, 0.15) is 0 Å². The fraction of sp³-hybridized carbons (Fsp3) is 0.261. The first-order valence-corrected chi connectivity index (χ1v) is 10.9. The summed E-state index contributed by atoms with van der Waals surface area (Å²) in [4.78, 5) is 7.24. The standard InChI is InChI=1S/C23H18BrF6N3/c24-17-7-6-15(20-13(17)5-3-9-32-20)21-14(4-1-2-8-31)19-16(23(28,29)30)10-12(22(25,26)27)11-18(19)33-21/h3,5-7,9-11,33H,1-2,4,8,31H2. The number of benzene rings is 2. The van der Waals surface area contributed by atoms with Crippen LogP contribution < -0.4 is 5.73 Å². The third kappa shape index (κ3) is 4.46. The molecule has 0 fully saturated rings. The fourth-order valence-corrected chi connectivity index (χ4v) is 4.51. The maximum absolute atomic E-state index is 14.0. The zero-order valence-corrected chi connectivity index (χ0v) is 18.6. The molecule has 3 N–H and O–H groups in total. The summed E-state index contributed by atoms with van der Waals surface area (Å²) in [6.07, 6.45) is -7.08. The third-order valence-corrected chi connectivity index (χ3v) is 6.19. The molecule has 0 radical (unpaired) electrons. The number of nitrogens with zero attached hydrogens (tertiary/aromatic N) is 1. The van der Waals surface area contributed by atoms with Gasteiger partial charge in [0, 0.05) is 32.5 Å². The molecule has 0 aliphatic rings. The first kappa shape index (κ1) is 23.6. The molecule has 0 unspecified atom stereocenters. The molecule has 0 aliphatic heterocycles. The quantitative estimate of drug-likeness (QED) is 0.208. The van der Waals surface area contributed by atoms with Gasteiger partial charge >= 0.3 is 12.4 Å². The van der Waals surface area contributed by atoms with E-state index in [0.29, 0.717) is 41.7 Å². The minimum Gasteiger partial charge on any atom is -0.354 e. The Morgan fingerprint density at radius 2 is 1.73 bits per heavy atom. The Bertz CT molecular complexity index is 1320. The van der Waals surface area contributed by atoms with Crippen LogP contribution in [0.2, 0.25) is 0 Å². The molecule has 2 aromatic heterocycles. The Balaban J connectivity index is 2.09. The summed E-state index contributed by atoms with van der Waals surface area (Å²) in [5, 5.41) is 0.475. The van der Waals surface area contributed by atoms with Gasteiger partial charge in [-0.3, -0.25) is 4.98 Å². The molecule has 33 heavy (non-hydrogen) atoms. The molecular weight excluding hydrogens is 512 g/mol. The van der Waals surface area contributed by atoms with Crippen molar-refractivity contribution in [3.8, 4) is 11.3 Å². The molecule has 0 aliphatic carbocycles.